The van der Waals surface area contributed by atoms with Gasteiger partial charge < -0.3 is 20.3 Å². The summed E-state index contributed by atoms with van der Waals surface area (Å²) < 4.78 is 21.3. The highest BCUT2D eigenvalue weighted by Gasteiger charge is 2.38. The molecule has 0 bridgehead atoms. The molecule has 1 saturated carbocycles. The molecule has 0 radical (unpaired) electrons. The van der Waals surface area contributed by atoms with Crippen molar-refractivity contribution in [2.75, 3.05) is 13.2 Å². The molecule has 0 aromatic heterocycles. The number of hydrogen-bond donors (Lipinski definition) is 3. The van der Waals surface area contributed by atoms with Gasteiger partial charge in [-0.2, -0.15) is 0 Å². The average Bonchev–Trinajstić information content (AvgIpc) is 2.99. The summed E-state index contributed by atoms with van der Waals surface area (Å²) in [5.74, 6) is 1.16. The molecule has 1 aliphatic rings. The summed E-state index contributed by atoms with van der Waals surface area (Å²) >= 11 is 0. The van der Waals surface area contributed by atoms with E-state index in [1.807, 2.05) is 12.1 Å². The fourth-order valence-corrected chi connectivity index (χ4v) is 3.94. The van der Waals surface area contributed by atoms with E-state index in [0.29, 0.717) is 12.8 Å². The Morgan fingerprint density at radius 2 is 1.88 bits per heavy atom. The molecule has 0 unspecified atom stereocenters. The predicted molar refractivity (Wildman–Crippen MR) is 102 cm³/mol. The van der Waals surface area contributed by atoms with E-state index in [0.717, 1.165) is 25.2 Å². The van der Waals surface area contributed by atoms with Crippen LogP contribution in [0.15, 0.2) is 24.3 Å². The number of ether oxygens (including phenoxy) is 1. The molecular weight excluding hydrogens is 353 g/mol. The van der Waals surface area contributed by atoms with Gasteiger partial charge in [-0.25, -0.2) is 4.57 Å². The van der Waals surface area contributed by atoms with Crippen molar-refractivity contribution in [2.24, 2.45) is 5.73 Å². The second kappa shape index (κ2) is 9.86. The number of phosphoric ester groups is 1. The summed E-state index contributed by atoms with van der Waals surface area (Å²) in [4.78, 5) is 17.7. The number of benzene rings is 1. The number of hydrogen-bond acceptors (Lipinski definition) is 4. The van der Waals surface area contributed by atoms with Crippen LogP contribution in [0.1, 0.15) is 69.8 Å². The topological polar surface area (TPSA) is 102 Å². The smallest absolute Gasteiger partial charge is 0.469 e. The maximum atomic E-state index is 10.9. The highest BCUT2D eigenvalue weighted by molar-refractivity contribution is 7.46. The van der Waals surface area contributed by atoms with Crippen LogP contribution < -0.4 is 10.5 Å². The van der Waals surface area contributed by atoms with Crippen molar-refractivity contribution in [2.45, 2.75) is 69.7 Å². The molecule has 0 heterocycles. The zero-order valence-corrected chi connectivity index (χ0v) is 16.5. The predicted octanol–water partition coefficient (Wildman–Crippen LogP) is 4.11. The van der Waals surface area contributed by atoms with Crippen LogP contribution in [0, 0.1) is 0 Å². The van der Waals surface area contributed by atoms with Gasteiger partial charge in [-0.15, -0.1) is 0 Å². The molecule has 7 heteroatoms. The van der Waals surface area contributed by atoms with Crippen molar-refractivity contribution >= 4 is 7.82 Å². The van der Waals surface area contributed by atoms with Gasteiger partial charge >= 0.3 is 7.82 Å². The molecule has 26 heavy (non-hydrogen) atoms. The first kappa shape index (κ1) is 21.4. The van der Waals surface area contributed by atoms with E-state index in [2.05, 4.69) is 23.6 Å². The lowest BCUT2D eigenvalue weighted by Gasteiger charge is -2.24. The molecule has 6 nitrogen and oxygen atoms in total. The van der Waals surface area contributed by atoms with Gasteiger partial charge in [0, 0.05) is 5.54 Å². The molecule has 148 valence electrons. The highest BCUT2D eigenvalue weighted by Crippen LogP contribution is 2.43. The zero-order chi connectivity index (χ0) is 19.0. The molecule has 0 spiro atoms. The first-order chi connectivity index (χ1) is 12.3. The van der Waals surface area contributed by atoms with E-state index in [4.69, 9.17) is 20.3 Å². The summed E-state index contributed by atoms with van der Waals surface area (Å²) in [7, 11) is -4.48. The summed E-state index contributed by atoms with van der Waals surface area (Å²) in [6.45, 7) is 2.84. The van der Waals surface area contributed by atoms with Crippen LogP contribution >= 0.6 is 7.82 Å². The Bertz CT molecular complexity index is 588. The fourth-order valence-electron chi connectivity index (χ4n) is 3.52. The fraction of sp³-hybridized carbons (Fsp3) is 0.684. The van der Waals surface area contributed by atoms with Crippen molar-refractivity contribution in [3.63, 3.8) is 0 Å². The van der Waals surface area contributed by atoms with E-state index in [1.165, 1.54) is 31.2 Å². The second-order valence-corrected chi connectivity index (χ2v) is 8.64. The largest absolute Gasteiger partial charge is 0.494 e. The Morgan fingerprint density at radius 1 is 1.19 bits per heavy atom. The Kier molecular flexibility index (Phi) is 8.11. The number of nitrogens with two attached hydrogens (primary N) is 1. The lowest BCUT2D eigenvalue weighted by molar-refractivity contribution is 0.153. The van der Waals surface area contributed by atoms with E-state index < -0.39 is 13.4 Å². The lowest BCUT2D eigenvalue weighted by atomic mass is 9.94. The Labute approximate surface area is 156 Å². The molecule has 2 atom stereocenters. The monoisotopic (exact) mass is 385 g/mol. The maximum Gasteiger partial charge on any atom is 0.469 e. The molecule has 0 amide bonds. The summed E-state index contributed by atoms with van der Waals surface area (Å²) in [6.07, 6.45) is 8.34. The molecule has 4 N–H and O–H groups in total. The van der Waals surface area contributed by atoms with Gasteiger partial charge in [0.1, 0.15) is 5.75 Å². The average molecular weight is 385 g/mol. The third-order valence-electron chi connectivity index (χ3n) is 5.03. The van der Waals surface area contributed by atoms with Gasteiger partial charge in [0.25, 0.3) is 0 Å². The van der Waals surface area contributed by atoms with E-state index in [-0.39, 0.29) is 12.5 Å². The highest BCUT2D eigenvalue weighted by atomic mass is 31.2. The van der Waals surface area contributed by atoms with Crippen LogP contribution in [0.2, 0.25) is 0 Å². The lowest BCUT2D eigenvalue weighted by Crippen LogP contribution is -2.41. The molecule has 1 aromatic rings. The van der Waals surface area contributed by atoms with Gasteiger partial charge in [-0.05, 0) is 49.3 Å². The number of phosphoric acid groups is 1. The first-order valence-corrected chi connectivity index (χ1v) is 11.1. The quantitative estimate of drug-likeness (QED) is 0.391. The van der Waals surface area contributed by atoms with E-state index in [1.54, 1.807) is 0 Å². The molecular formula is C19H32NO5P. The minimum absolute atomic E-state index is 0.118. The van der Waals surface area contributed by atoms with Gasteiger partial charge in [-0.3, -0.25) is 4.52 Å². The molecule has 0 aliphatic heterocycles. The van der Waals surface area contributed by atoms with Gasteiger partial charge in [-0.1, -0.05) is 44.7 Å². The molecule has 1 aliphatic carbocycles. The van der Waals surface area contributed by atoms with Crippen LogP contribution in [0.25, 0.3) is 0 Å². The maximum absolute atomic E-state index is 10.9. The van der Waals surface area contributed by atoms with Crippen molar-refractivity contribution < 1.29 is 23.6 Å². The standard InChI is InChI=1S/C19H32NO5P/c1-2-3-4-5-6-13-24-18-9-7-16(8-10-18)17-11-12-19(20,14-17)15-25-26(21,22)23/h7-10,17H,2-6,11-15,20H2,1H3,(H2,21,22,23)/t17-,19+/m1/s1. The van der Waals surface area contributed by atoms with E-state index in [9.17, 15) is 4.57 Å². The minimum atomic E-state index is -4.48. The molecule has 0 saturated heterocycles. The second-order valence-electron chi connectivity index (χ2n) is 7.40. The summed E-state index contributed by atoms with van der Waals surface area (Å²) in [5.41, 5.74) is 6.75. The zero-order valence-electron chi connectivity index (χ0n) is 15.6. The Balaban J connectivity index is 1.77. The third-order valence-corrected chi connectivity index (χ3v) is 5.50. The molecule has 2 rings (SSSR count). The van der Waals surface area contributed by atoms with Crippen LogP contribution in [-0.2, 0) is 9.09 Å². The molecule has 1 aromatic carbocycles. The van der Waals surface area contributed by atoms with Crippen LogP contribution in [0.4, 0.5) is 0 Å². The summed E-state index contributed by atoms with van der Waals surface area (Å²) in [5, 5.41) is 0. The normalized spacial score (nSPS) is 23.3. The van der Waals surface area contributed by atoms with Crippen molar-refractivity contribution in [1.29, 1.82) is 0 Å². The van der Waals surface area contributed by atoms with Gasteiger partial charge in [0.15, 0.2) is 0 Å². The first-order valence-electron chi connectivity index (χ1n) is 9.53. The van der Waals surface area contributed by atoms with Crippen molar-refractivity contribution in [1.82, 2.24) is 0 Å². The Hall–Kier alpha value is -0.910. The minimum Gasteiger partial charge on any atom is -0.494 e. The van der Waals surface area contributed by atoms with Crippen molar-refractivity contribution in [3.05, 3.63) is 29.8 Å². The van der Waals surface area contributed by atoms with Gasteiger partial charge in [0.2, 0.25) is 0 Å². The SMILES string of the molecule is CCCCCCCOc1ccc([C@@H]2CC[C@@](N)(COP(=O)(O)O)C2)cc1. The van der Waals surface area contributed by atoms with Gasteiger partial charge in [0.05, 0.1) is 13.2 Å². The number of rotatable bonds is 11. The number of unbranched alkanes of at least 4 members (excludes halogenated alkanes) is 4. The third kappa shape index (κ3) is 7.37. The van der Waals surface area contributed by atoms with Crippen molar-refractivity contribution in [3.8, 4) is 5.75 Å². The van der Waals surface area contributed by atoms with Crippen LogP contribution in [0.3, 0.4) is 0 Å². The van der Waals surface area contributed by atoms with Crippen LogP contribution in [-0.4, -0.2) is 28.5 Å². The van der Waals surface area contributed by atoms with E-state index >= 15 is 0 Å². The van der Waals surface area contributed by atoms with Crippen LogP contribution in [0.5, 0.6) is 5.75 Å². The summed E-state index contributed by atoms with van der Waals surface area (Å²) in [6, 6.07) is 8.10. The molecule has 1 fully saturated rings. The Morgan fingerprint density at radius 3 is 2.54 bits per heavy atom.